The maximum atomic E-state index is 11.0. The number of benzene rings is 2. The normalized spacial score (nSPS) is 10.8. The highest BCUT2D eigenvalue weighted by Crippen LogP contribution is 2.24. The molecule has 0 fully saturated rings. The van der Waals surface area contributed by atoms with Gasteiger partial charge >= 0.3 is 5.97 Å². The molecular formula is C16H13BrN2O2. The van der Waals surface area contributed by atoms with Gasteiger partial charge in [0.05, 0.1) is 11.2 Å². The van der Waals surface area contributed by atoms with Crippen LogP contribution in [0.1, 0.15) is 12.5 Å². The topological polar surface area (TPSA) is 44.1 Å². The Morgan fingerprint density at radius 3 is 2.76 bits per heavy atom. The van der Waals surface area contributed by atoms with Gasteiger partial charge in [0.2, 0.25) is 0 Å². The lowest BCUT2D eigenvalue weighted by atomic mass is 10.2. The first kappa shape index (κ1) is 13.8. The summed E-state index contributed by atoms with van der Waals surface area (Å²) in [4.78, 5) is 11.0. The molecule has 0 unspecified atom stereocenters. The number of fused-ring (bicyclic) bond motifs is 1. The monoisotopic (exact) mass is 344 g/mol. The Kier molecular flexibility index (Phi) is 3.51. The lowest BCUT2D eigenvalue weighted by Gasteiger charge is -2.05. The van der Waals surface area contributed by atoms with Crippen LogP contribution in [-0.4, -0.2) is 15.7 Å². The fourth-order valence-corrected chi connectivity index (χ4v) is 2.71. The van der Waals surface area contributed by atoms with Gasteiger partial charge in [-0.2, -0.15) is 5.10 Å². The molecule has 3 aromatic rings. The average molecular weight is 345 g/mol. The van der Waals surface area contributed by atoms with E-state index in [1.165, 1.54) is 6.92 Å². The highest BCUT2D eigenvalue weighted by Gasteiger charge is 2.07. The number of hydrogen-bond donors (Lipinski definition) is 0. The summed E-state index contributed by atoms with van der Waals surface area (Å²) in [6, 6.07) is 11.4. The van der Waals surface area contributed by atoms with E-state index in [9.17, 15) is 4.79 Å². The summed E-state index contributed by atoms with van der Waals surface area (Å²) in [5.74, 6) is 0.201. The van der Waals surface area contributed by atoms with Crippen molar-refractivity contribution in [3.05, 3.63) is 52.6 Å². The quantitative estimate of drug-likeness (QED) is 0.520. The highest BCUT2D eigenvalue weighted by atomic mass is 79.9. The number of rotatable bonds is 2. The number of carbonyl (C=O) groups excluding carboxylic acids is 1. The zero-order valence-electron chi connectivity index (χ0n) is 11.6. The molecule has 4 nitrogen and oxygen atoms in total. The molecule has 1 heterocycles. The maximum absolute atomic E-state index is 11.0. The number of aryl methyl sites for hydroxylation is 1. The Hall–Kier alpha value is -2.14. The zero-order chi connectivity index (χ0) is 15.0. The van der Waals surface area contributed by atoms with Gasteiger partial charge in [0.25, 0.3) is 0 Å². The van der Waals surface area contributed by atoms with Crippen molar-refractivity contribution in [1.82, 2.24) is 9.78 Å². The predicted octanol–water partition coefficient (Wildman–Crippen LogP) is 4.02. The minimum Gasteiger partial charge on any atom is -0.427 e. The largest absolute Gasteiger partial charge is 0.427 e. The molecule has 0 spiro atoms. The minimum absolute atomic E-state index is 0.328. The second-order valence-electron chi connectivity index (χ2n) is 4.82. The third-order valence-corrected chi connectivity index (χ3v) is 3.64. The van der Waals surface area contributed by atoms with Gasteiger partial charge in [-0.1, -0.05) is 15.9 Å². The summed E-state index contributed by atoms with van der Waals surface area (Å²) < 4.78 is 7.97. The number of nitrogens with zero attached hydrogens (tertiary/aromatic N) is 2. The molecule has 0 saturated carbocycles. The fraction of sp³-hybridized carbons (Fsp3) is 0.125. The Morgan fingerprint density at radius 1 is 1.24 bits per heavy atom. The number of halogens is 1. The van der Waals surface area contributed by atoms with Crippen molar-refractivity contribution < 1.29 is 9.53 Å². The zero-order valence-corrected chi connectivity index (χ0v) is 13.2. The molecule has 21 heavy (non-hydrogen) atoms. The molecule has 0 bridgehead atoms. The molecule has 0 aliphatic rings. The van der Waals surface area contributed by atoms with Gasteiger partial charge in [0, 0.05) is 23.0 Å². The summed E-state index contributed by atoms with van der Waals surface area (Å²) in [6.45, 7) is 3.43. The van der Waals surface area contributed by atoms with Gasteiger partial charge in [0.1, 0.15) is 5.75 Å². The molecule has 106 valence electrons. The Balaban J connectivity index is 2.06. The molecule has 0 amide bonds. The third kappa shape index (κ3) is 2.83. The Labute approximate surface area is 130 Å². The van der Waals surface area contributed by atoms with Crippen LogP contribution in [0.2, 0.25) is 0 Å². The molecule has 2 aromatic carbocycles. The van der Waals surface area contributed by atoms with E-state index in [1.807, 2.05) is 48.1 Å². The summed E-state index contributed by atoms with van der Waals surface area (Å²) >= 11 is 3.46. The maximum Gasteiger partial charge on any atom is 0.308 e. The summed E-state index contributed by atoms with van der Waals surface area (Å²) in [6.07, 6.45) is 1.93. The molecule has 0 aliphatic heterocycles. The van der Waals surface area contributed by atoms with Crippen molar-refractivity contribution in [1.29, 1.82) is 0 Å². The number of hydrogen-bond acceptors (Lipinski definition) is 3. The highest BCUT2D eigenvalue weighted by molar-refractivity contribution is 9.10. The smallest absolute Gasteiger partial charge is 0.308 e. The van der Waals surface area contributed by atoms with Gasteiger partial charge in [-0.25, -0.2) is 4.68 Å². The molecule has 5 heteroatoms. The summed E-state index contributed by atoms with van der Waals surface area (Å²) in [5.41, 5.74) is 2.99. The standard InChI is InChI=1S/C16H13BrN2O2/c1-10-7-13(17)3-6-16(10)19-9-12-8-14(21-11(2)20)4-5-15(12)18-19/h3-9H,1-2H3. The lowest BCUT2D eigenvalue weighted by molar-refractivity contribution is -0.131. The number of aromatic nitrogens is 2. The van der Waals surface area contributed by atoms with Crippen LogP contribution < -0.4 is 4.74 Å². The van der Waals surface area contributed by atoms with Crippen molar-refractivity contribution >= 4 is 32.8 Å². The number of ether oxygens (including phenoxy) is 1. The molecule has 0 radical (unpaired) electrons. The summed E-state index contributed by atoms with van der Waals surface area (Å²) in [7, 11) is 0. The minimum atomic E-state index is -0.328. The van der Waals surface area contributed by atoms with Gasteiger partial charge in [-0.3, -0.25) is 4.79 Å². The molecule has 0 atom stereocenters. The number of esters is 1. The van der Waals surface area contributed by atoms with E-state index in [0.29, 0.717) is 5.75 Å². The molecule has 0 N–H and O–H groups in total. The predicted molar refractivity (Wildman–Crippen MR) is 84.8 cm³/mol. The van der Waals surface area contributed by atoms with Gasteiger partial charge < -0.3 is 4.74 Å². The number of carbonyl (C=O) groups is 1. The van der Waals surface area contributed by atoms with Crippen LogP contribution in [0.15, 0.2) is 47.1 Å². The van der Waals surface area contributed by atoms with E-state index in [4.69, 9.17) is 4.74 Å². The lowest BCUT2D eigenvalue weighted by Crippen LogP contribution is -2.00. The molecule has 0 aliphatic carbocycles. The van der Waals surface area contributed by atoms with Crippen LogP contribution in [0.3, 0.4) is 0 Å². The summed E-state index contributed by atoms with van der Waals surface area (Å²) in [5, 5.41) is 5.48. The van der Waals surface area contributed by atoms with Gasteiger partial charge in [-0.15, -0.1) is 0 Å². The Morgan fingerprint density at radius 2 is 2.05 bits per heavy atom. The SMILES string of the molecule is CC(=O)Oc1ccc2nn(-c3ccc(Br)cc3C)cc2c1. The van der Waals surface area contributed by atoms with E-state index in [0.717, 1.165) is 26.6 Å². The molecular weight excluding hydrogens is 332 g/mol. The third-order valence-electron chi connectivity index (χ3n) is 3.14. The molecule has 0 saturated heterocycles. The van der Waals surface area contributed by atoms with E-state index >= 15 is 0 Å². The van der Waals surface area contributed by atoms with Gasteiger partial charge in [-0.05, 0) is 48.9 Å². The second-order valence-corrected chi connectivity index (χ2v) is 5.73. The first-order valence-electron chi connectivity index (χ1n) is 6.47. The van der Waals surface area contributed by atoms with Gasteiger partial charge in [0.15, 0.2) is 0 Å². The molecule has 3 rings (SSSR count). The fourth-order valence-electron chi connectivity index (χ4n) is 2.23. The Bertz CT molecular complexity index is 839. The van der Waals surface area contributed by atoms with Crippen molar-refractivity contribution in [3.63, 3.8) is 0 Å². The van der Waals surface area contributed by atoms with Crippen molar-refractivity contribution in [3.8, 4) is 11.4 Å². The van der Waals surface area contributed by atoms with Crippen LogP contribution in [0.5, 0.6) is 5.75 Å². The van der Waals surface area contributed by atoms with Crippen molar-refractivity contribution in [2.24, 2.45) is 0 Å². The van der Waals surface area contributed by atoms with E-state index in [2.05, 4.69) is 21.0 Å². The van der Waals surface area contributed by atoms with Crippen LogP contribution in [0.25, 0.3) is 16.6 Å². The van der Waals surface area contributed by atoms with Crippen LogP contribution in [0, 0.1) is 6.92 Å². The van der Waals surface area contributed by atoms with Crippen molar-refractivity contribution in [2.75, 3.05) is 0 Å². The van der Waals surface area contributed by atoms with E-state index < -0.39 is 0 Å². The first-order chi connectivity index (χ1) is 10.0. The van der Waals surface area contributed by atoms with Crippen LogP contribution in [0.4, 0.5) is 0 Å². The second kappa shape index (κ2) is 5.33. The van der Waals surface area contributed by atoms with E-state index in [-0.39, 0.29) is 5.97 Å². The van der Waals surface area contributed by atoms with Crippen molar-refractivity contribution in [2.45, 2.75) is 13.8 Å². The first-order valence-corrected chi connectivity index (χ1v) is 7.26. The van der Waals surface area contributed by atoms with Crippen LogP contribution >= 0.6 is 15.9 Å². The molecule has 1 aromatic heterocycles. The van der Waals surface area contributed by atoms with Crippen LogP contribution in [-0.2, 0) is 4.79 Å². The average Bonchev–Trinajstić information content (AvgIpc) is 2.80. The van der Waals surface area contributed by atoms with E-state index in [1.54, 1.807) is 6.07 Å².